The summed E-state index contributed by atoms with van der Waals surface area (Å²) in [6, 6.07) is -1.55. The van der Waals surface area contributed by atoms with Gasteiger partial charge in [-0.25, -0.2) is 9.59 Å². The largest absolute Gasteiger partial charge is 0.480 e. The van der Waals surface area contributed by atoms with Crippen LogP contribution in [0.4, 0.5) is 4.79 Å². The van der Waals surface area contributed by atoms with Crippen LogP contribution in [0.3, 0.4) is 0 Å². The zero-order valence-corrected chi connectivity index (χ0v) is 12.4. The van der Waals surface area contributed by atoms with Crippen molar-refractivity contribution >= 4 is 17.9 Å². The first-order chi connectivity index (χ1) is 9.90. The molecule has 1 aliphatic heterocycles. The van der Waals surface area contributed by atoms with E-state index in [1.165, 1.54) is 17.7 Å². The summed E-state index contributed by atoms with van der Waals surface area (Å²) in [6.45, 7) is 3.41. The van der Waals surface area contributed by atoms with Crippen molar-refractivity contribution < 1.29 is 19.5 Å². The Bertz CT molecular complexity index is 382. The van der Waals surface area contributed by atoms with Gasteiger partial charge in [-0.1, -0.05) is 0 Å². The van der Waals surface area contributed by atoms with Gasteiger partial charge in [0.05, 0.1) is 0 Å². The van der Waals surface area contributed by atoms with E-state index in [2.05, 4.69) is 10.2 Å². The first kappa shape index (κ1) is 17.2. The van der Waals surface area contributed by atoms with Crippen LogP contribution in [0.5, 0.6) is 0 Å². The molecule has 1 atom stereocenters. The maximum Gasteiger partial charge on any atom is 0.326 e. The molecule has 0 spiro atoms. The van der Waals surface area contributed by atoms with E-state index in [4.69, 9.17) is 10.8 Å². The van der Waals surface area contributed by atoms with Gasteiger partial charge in [0.15, 0.2) is 0 Å². The SMILES string of the molecule is CN(CCN1CCCC1)C(=O)NC(CCC(N)=O)C(=O)O. The molecule has 0 saturated carbocycles. The van der Waals surface area contributed by atoms with Gasteiger partial charge in [0.2, 0.25) is 5.91 Å². The van der Waals surface area contributed by atoms with E-state index < -0.39 is 23.9 Å². The summed E-state index contributed by atoms with van der Waals surface area (Å²) < 4.78 is 0. The summed E-state index contributed by atoms with van der Waals surface area (Å²) in [6.07, 6.45) is 2.29. The monoisotopic (exact) mass is 300 g/mol. The highest BCUT2D eigenvalue weighted by Gasteiger charge is 2.22. The van der Waals surface area contributed by atoms with Gasteiger partial charge in [0.25, 0.3) is 0 Å². The number of carboxylic acids is 1. The molecule has 3 amide bonds. The maximum absolute atomic E-state index is 11.9. The average molecular weight is 300 g/mol. The van der Waals surface area contributed by atoms with Crippen molar-refractivity contribution in [2.24, 2.45) is 5.73 Å². The van der Waals surface area contributed by atoms with E-state index in [0.717, 1.165) is 19.6 Å². The van der Waals surface area contributed by atoms with E-state index in [1.807, 2.05) is 0 Å². The lowest BCUT2D eigenvalue weighted by Crippen LogP contribution is -2.48. The molecule has 1 rings (SSSR count). The van der Waals surface area contributed by atoms with Gasteiger partial charge < -0.3 is 26.0 Å². The third kappa shape index (κ3) is 6.44. The summed E-state index contributed by atoms with van der Waals surface area (Å²) in [4.78, 5) is 37.4. The zero-order chi connectivity index (χ0) is 15.8. The molecule has 0 aromatic rings. The summed E-state index contributed by atoms with van der Waals surface area (Å²) in [5.74, 6) is -1.75. The summed E-state index contributed by atoms with van der Waals surface area (Å²) in [5.41, 5.74) is 4.99. The summed E-state index contributed by atoms with van der Waals surface area (Å²) in [7, 11) is 1.62. The van der Waals surface area contributed by atoms with E-state index in [0.29, 0.717) is 6.54 Å². The molecule has 8 nitrogen and oxygen atoms in total. The van der Waals surface area contributed by atoms with Crippen molar-refractivity contribution in [2.75, 3.05) is 33.2 Å². The average Bonchev–Trinajstić information content (AvgIpc) is 2.93. The van der Waals surface area contributed by atoms with E-state index >= 15 is 0 Å². The Morgan fingerprint density at radius 1 is 1.33 bits per heavy atom. The molecule has 1 saturated heterocycles. The zero-order valence-electron chi connectivity index (χ0n) is 12.4. The molecule has 0 radical (unpaired) electrons. The quantitative estimate of drug-likeness (QED) is 0.556. The lowest BCUT2D eigenvalue weighted by molar-refractivity contribution is -0.139. The molecule has 4 N–H and O–H groups in total. The fraction of sp³-hybridized carbons (Fsp3) is 0.769. The van der Waals surface area contributed by atoms with Gasteiger partial charge >= 0.3 is 12.0 Å². The number of primary amides is 1. The lowest BCUT2D eigenvalue weighted by Gasteiger charge is -2.23. The van der Waals surface area contributed by atoms with Crippen LogP contribution in [0, 0.1) is 0 Å². The number of urea groups is 1. The molecule has 0 bridgehead atoms. The first-order valence-corrected chi connectivity index (χ1v) is 7.15. The van der Waals surface area contributed by atoms with E-state index in [-0.39, 0.29) is 12.8 Å². The lowest BCUT2D eigenvalue weighted by atomic mass is 10.1. The number of carbonyl (C=O) groups is 3. The predicted octanol–water partition coefficient (Wildman–Crippen LogP) is -0.558. The van der Waals surface area contributed by atoms with Crippen LogP contribution in [0.2, 0.25) is 0 Å². The number of rotatable bonds is 8. The molecule has 1 fully saturated rings. The first-order valence-electron chi connectivity index (χ1n) is 7.15. The second-order valence-corrected chi connectivity index (χ2v) is 5.32. The third-order valence-electron chi connectivity index (χ3n) is 3.57. The van der Waals surface area contributed by atoms with Crippen molar-refractivity contribution in [1.29, 1.82) is 0 Å². The van der Waals surface area contributed by atoms with Gasteiger partial charge in [0.1, 0.15) is 6.04 Å². The van der Waals surface area contributed by atoms with Crippen LogP contribution in [0.25, 0.3) is 0 Å². The standard InChI is InChI=1S/C13H24N4O4/c1-16(8-9-17-6-2-3-7-17)13(21)15-10(12(19)20)4-5-11(14)18/h10H,2-9H2,1H3,(H2,14,18)(H,15,21)(H,19,20). The molecule has 1 aliphatic rings. The Labute approximate surface area is 124 Å². The predicted molar refractivity (Wildman–Crippen MR) is 76.7 cm³/mol. The maximum atomic E-state index is 11.9. The number of carbonyl (C=O) groups excluding carboxylic acids is 2. The molecule has 120 valence electrons. The van der Waals surface area contributed by atoms with Gasteiger partial charge in [0, 0.05) is 26.6 Å². The van der Waals surface area contributed by atoms with Crippen LogP contribution < -0.4 is 11.1 Å². The topological polar surface area (TPSA) is 116 Å². The molecular formula is C13H24N4O4. The molecule has 8 heteroatoms. The fourth-order valence-electron chi connectivity index (χ4n) is 2.20. The van der Waals surface area contributed by atoms with Crippen LogP contribution in [-0.4, -0.2) is 72.1 Å². The fourth-order valence-corrected chi connectivity index (χ4v) is 2.20. The minimum absolute atomic E-state index is 0.00360. The highest BCUT2D eigenvalue weighted by Crippen LogP contribution is 2.06. The van der Waals surface area contributed by atoms with Crippen molar-refractivity contribution in [3.05, 3.63) is 0 Å². The Morgan fingerprint density at radius 3 is 2.48 bits per heavy atom. The van der Waals surface area contributed by atoms with Gasteiger partial charge in [-0.2, -0.15) is 0 Å². The number of hydrogen-bond acceptors (Lipinski definition) is 4. The summed E-state index contributed by atoms with van der Waals surface area (Å²) >= 11 is 0. The van der Waals surface area contributed by atoms with E-state index in [9.17, 15) is 14.4 Å². The van der Waals surface area contributed by atoms with Crippen molar-refractivity contribution in [3.63, 3.8) is 0 Å². The van der Waals surface area contributed by atoms with Crippen LogP contribution >= 0.6 is 0 Å². The second-order valence-electron chi connectivity index (χ2n) is 5.32. The van der Waals surface area contributed by atoms with Crippen molar-refractivity contribution in [3.8, 4) is 0 Å². The third-order valence-corrected chi connectivity index (χ3v) is 3.57. The number of carboxylic acid groups (broad SMARTS) is 1. The number of likely N-dealkylation sites (tertiary alicyclic amines) is 1. The molecule has 1 heterocycles. The highest BCUT2D eigenvalue weighted by molar-refractivity contribution is 5.83. The van der Waals surface area contributed by atoms with Gasteiger partial charge in [-0.3, -0.25) is 4.79 Å². The van der Waals surface area contributed by atoms with Gasteiger partial charge in [-0.05, 0) is 32.4 Å². The molecule has 0 aromatic heterocycles. The smallest absolute Gasteiger partial charge is 0.326 e. The van der Waals surface area contributed by atoms with Crippen LogP contribution in [0.1, 0.15) is 25.7 Å². The molecular weight excluding hydrogens is 276 g/mol. The second kappa shape index (κ2) is 8.46. The summed E-state index contributed by atoms with van der Waals surface area (Å²) in [5, 5.41) is 11.4. The molecule has 0 aliphatic carbocycles. The number of nitrogens with zero attached hydrogens (tertiary/aromatic N) is 2. The van der Waals surface area contributed by atoms with Crippen LogP contribution in [0.15, 0.2) is 0 Å². The molecule has 0 aromatic carbocycles. The molecule has 21 heavy (non-hydrogen) atoms. The highest BCUT2D eigenvalue weighted by atomic mass is 16.4. The number of aliphatic carboxylic acids is 1. The van der Waals surface area contributed by atoms with Crippen molar-refractivity contribution in [1.82, 2.24) is 15.1 Å². The Hall–Kier alpha value is -1.83. The minimum atomic E-state index is -1.17. The Kier molecular flexibility index (Phi) is 6.93. The van der Waals surface area contributed by atoms with Gasteiger partial charge in [-0.15, -0.1) is 0 Å². The number of hydrogen-bond donors (Lipinski definition) is 3. The van der Waals surface area contributed by atoms with E-state index in [1.54, 1.807) is 7.05 Å². The minimum Gasteiger partial charge on any atom is -0.480 e. The number of likely N-dealkylation sites (N-methyl/N-ethyl adjacent to an activating group) is 1. The number of amides is 3. The molecule has 1 unspecified atom stereocenters. The Balaban J connectivity index is 2.36. The normalized spacial score (nSPS) is 16.4. The number of nitrogens with two attached hydrogens (primary N) is 1. The Morgan fingerprint density at radius 2 is 1.95 bits per heavy atom. The van der Waals surface area contributed by atoms with Crippen LogP contribution in [-0.2, 0) is 9.59 Å². The van der Waals surface area contributed by atoms with Crippen molar-refractivity contribution in [2.45, 2.75) is 31.7 Å². The number of nitrogens with one attached hydrogen (secondary N) is 1.